The summed E-state index contributed by atoms with van der Waals surface area (Å²) in [5, 5.41) is 3.71. The van der Waals surface area contributed by atoms with Crippen LogP contribution in [0.1, 0.15) is 34.1 Å². The van der Waals surface area contributed by atoms with Gasteiger partial charge < -0.3 is 26.3 Å². The minimum Gasteiger partial charge on any atom is -0.465 e. The van der Waals surface area contributed by atoms with Crippen LogP contribution in [0.3, 0.4) is 0 Å². The van der Waals surface area contributed by atoms with Crippen molar-refractivity contribution in [2.45, 2.75) is 52.3 Å². The van der Waals surface area contributed by atoms with Gasteiger partial charge in [0.1, 0.15) is 5.52 Å². The molecule has 1 aromatic carbocycles. The van der Waals surface area contributed by atoms with Gasteiger partial charge in [-0.25, -0.2) is 4.98 Å². The SMILES string of the molecule is CCCOc1nc2c(N)nc3ccccc3c2n1CC(C)(C)OCCNC(=O)C(C)N. The Morgan fingerprint density at radius 1 is 1.26 bits per heavy atom. The van der Waals surface area contributed by atoms with E-state index in [2.05, 4.69) is 15.3 Å². The van der Waals surface area contributed by atoms with Gasteiger partial charge in [0.05, 0.1) is 42.4 Å². The molecule has 168 valence electrons. The number of ether oxygens (including phenoxy) is 2. The third-order valence-electron chi connectivity index (χ3n) is 4.86. The minimum absolute atomic E-state index is 0.202. The number of amides is 1. The first-order chi connectivity index (χ1) is 14.7. The quantitative estimate of drug-likeness (QED) is 0.422. The van der Waals surface area contributed by atoms with Gasteiger partial charge in [0, 0.05) is 11.9 Å². The first-order valence-corrected chi connectivity index (χ1v) is 10.6. The lowest BCUT2D eigenvalue weighted by Gasteiger charge is -2.27. The number of hydrogen-bond donors (Lipinski definition) is 3. The first-order valence-electron chi connectivity index (χ1n) is 10.6. The molecule has 0 fully saturated rings. The molecule has 0 radical (unpaired) electrons. The standard InChI is InChI=1S/C22H32N6O3/c1-5-11-30-21-27-17-18(15-8-6-7-9-16(15)26-19(17)24)28(21)13-22(3,4)31-12-10-25-20(29)14(2)23/h6-9,14H,5,10-13,23H2,1-4H3,(H2,24,26)(H,25,29). The van der Waals surface area contributed by atoms with Crippen LogP contribution in [0, 0.1) is 0 Å². The van der Waals surface area contributed by atoms with Crippen molar-refractivity contribution in [3.63, 3.8) is 0 Å². The van der Waals surface area contributed by atoms with Crippen LogP contribution in [0.25, 0.3) is 21.9 Å². The number of imidazole rings is 1. The topological polar surface area (TPSA) is 130 Å². The van der Waals surface area contributed by atoms with E-state index < -0.39 is 11.6 Å². The molecule has 2 heterocycles. The van der Waals surface area contributed by atoms with E-state index in [1.165, 1.54) is 0 Å². The molecule has 3 rings (SSSR count). The second kappa shape index (κ2) is 9.49. The molecular weight excluding hydrogens is 396 g/mol. The van der Waals surface area contributed by atoms with E-state index in [-0.39, 0.29) is 5.91 Å². The largest absolute Gasteiger partial charge is 0.465 e. The smallest absolute Gasteiger partial charge is 0.297 e. The van der Waals surface area contributed by atoms with Gasteiger partial charge in [0.15, 0.2) is 5.82 Å². The summed E-state index contributed by atoms with van der Waals surface area (Å²) in [6, 6.07) is 7.77. The average Bonchev–Trinajstić information content (AvgIpc) is 3.08. The van der Waals surface area contributed by atoms with E-state index in [4.69, 9.17) is 20.9 Å². The molecule has 0 aliphatic rings. The number of rotatable bonds is 10. The number of hydrogen-bond acceptors (Lipinski definition) is 7. The molecule has 9 heteroatoms. The number of anilines is 1. The second-order valence-corrected chi connectivity index (χ2v) is 8.23. The highest BCUT2D eigenvalue weighted by Gasteiger charge is 2.26. The van der Waals surface area contributed by atoms with E-state index in [1.54, 1.807) is 6.92 Å². The zero-order valence-corrected chi connectivity index (χ0v) is 18.6. The molecule has 1 amide bonds. The lowest BCUT2D eigenvalue weighted by Crippen LogP contribution is -2.41. The van der Waals surface area contributed by atoms with E-state index in [0.29, 0.717) is 43.6 Å². The van der Waals surface area contributed by atoms with Crippen molar-refractivity contribution in [3.8, 4) is 6.01 Å². The van der Waals surface area contributed by atoms with Gasteiger partial charge in [-0.15, -0.1) is 0 Å². The summed E-state index contributed by atoms with van der Waals surface area (Å²) >= 11 is 0. The molecule has 2 aromatic heterocycles. The number of para-hydroxylation sites is 1. The molecule has 0 bridgehead atoms. The Morgan fingerprint density at radius 3 is 2.71 bits per heavy atom. The number of pyridine rings is 1. The summed E-state index contributed by atoms with van der Waals surface area (Å²) in [4.78, 5) is 20.8. The van der Waals surface area contributed by atoms with Gasteiger partial charge >= 0.3 is 0 Å². The van der Waals surface area contributed by atoms with Crippen LogP contribution in [0.4, 0.5) is 5.82 Å². The number of aromatic nitrogens is 3. The van der Waals surface area contributed by atoms with E-state index in [0.717, 1.165) is 22.8 Å². The Bertz CT molecular complexity index is 1060. The van der Waals surface area contributed by atoms with Gasteiger partial charge in [-0.2, -0.15) is 4.98 Å². The van der Waals surface area contributed by atoms with Crippen LogP contribution in [0.15, 0.2) is 24.3 Å². The lowest BCUT2D eigenvalue weighted by atomic mass is 10.1. The summed E-state index contributed by atoms with van der Waals surface area (Å²) in [5.74, 6) is 0.165. The summed E-state index contributed by atoms with van der Waals surface area (Å²) < 4.78 is 14.0. The molecule has 0 spiro atoms. The van der Waals surface area contributed by atoms with Crippen LogP contribution in [-0.2, 0) is 16.1 Å². The number of nitrogens with one attached hydrogen (secondary N) is 1. The van der Waals surface area contributed by atoms with Crippen LogP contribution in [0.2, 0.25) is 0 Å². The predicted molar refractivity (Wildman–Crippen MR) is 122 cm³/mol. The van der Waals surface area contributed by atoms with Crippen molar-refractivity contribution in [1.82, 2.24) is 19.9 Å². The lowest BCUT2D eigenvalue weighted by molar-refractivity contribution is -0.122. The van der Waals surface area contributed by atoms with Crippen molar-refractivity contribution >= 4 is 33.7 Å². The number of benzene rings is 1. The minimum atomic E-state index is -0.559. The number of carbonyl (C=O) groups is 1. The van der Waals surface area contributed by atoms with E-state index >= 15 is 0 Å². The van der Waals surface area contributed by atoms with Gasteiger partial charge in [0.2, 0.25) is 5.91 Å². The van der Waals surface area contributed by atoms with Gasteiger partial charge in [-0.1, -0.05) is 25.1 Å². The Morgan fingerprint density at radius 2 is 2.00 bits per heavy atom. The molecule has 3 aromatic rings. The number of nitrogen functional groups attached to an aromatic ring is 1. The molecule has 31 heavy (non-hydrogen) atoms. The van der Waals surface area contributed by atoms with Crippen molar-refractivity contribution in [3.05, 3.63) is 24.3 Å². The molecule has 1 unspecified atom stereocenters. The monoisotopic (exact) mass is 428 g/mol. The van der Waals surface area contributed by atoms with Crippen molar-refractivity contribution < 1.29 is 14.3 Å². The summed E-state index contributed by atoms with van der Waals surface area (Å²) in [6.45, 7) is 9.43. The fourth-order valence-corrected chi connectivity index (χ4v) is 3.38. The third-order valence-corrected chi connectivity index (χ3v) is 4.86. The summed E-state index contributed by atoms with van der Waals surface area (Å²) in [7, 11) is 0. The molecule has 0 saturated heterocycles. The molecule has 1 atom stereocenters. The van der Waals surface area contributed by atoms with Crippen LogP contribution in [0.5, 0.6) is 6.01 Å². The predicted octanol–water partition coefficient (Wildman–Crippen LogP) is 2.21. The Kier molecular flexibility index (Phi) is 6.97. The molecule has 0 saturated carbocycles. The first kappa shape index (κ1) is 22.8. The van der Waals surface area contributed by atoms with E-state index in [9.17, 15) is 4.79 Å². The fraction of sp³-hybridized carbons (Fsp3) is 0.500. The zero-order chi connectivity index (χ0) is 22.6. The Hall–Kier alpha value is -2.91. The maximum atomic E-state index is 11.6. The van der Waals surface area contributed by atoms with Gasteiger partial charge in [0.25, 0.3) is 6.01 Å². The summed E-state index contributed by atoms with van der Waals surface area (Å²) in [6.07, 6.45) is 0.858. The average molecular weight is 429 g/mol. The number of fused-ring (bicyclic) bond motifs is 3. The van der Waals surface area contributed by atoms with Crippen molar-refractivity contribution in [1.29, 1.82) is 0 Å². The normalized spacial score (nSPS) is 12.9. The molecule has 9 nitrogen and oxygen atoms in total. The van der Waals surface area contributed by atoms with Crippen LogP contribution in [-0.4, -0.2) is 51.8 Å². The number of nitrogens with two attached hydrogens (primary N) is 2. The fourth-order valence-electron chi connectivity index (χ4n) is 3.38. The Balaban J connectivity index is 1.91. The van der Waals surface area contributed by atoms with Crippen LogP contribution >= 0.6 is 0 Å². The number of carbonyl (C=O) groups excluding carboxylic acids is 1. The highest BCUT2D eigenvalue weighted by atomic mass is 16.5. The summed E-state index contributed by atoms with van der Waals surface area (Å²) in [5.41, 5.74) is 13.5. The Labute approximate surface area is 182 Å². The van der Waals surface area contributed by atoms with Gasteiger partial charge in [-0.05, 0) is 33.3 Å². The highest BCUT2D eigenvalue weighted by molar-refractivity contribution is 6.06. The van der Waals surface area contributed by atoms with Crippen molar-refractivity contribution in [2.75, 3.05) is 25.5 Å². The number of nitrogens with zero attached hydrogens (tertiary/aromatic N) is 3. The molecule has 5 N–H and O–H groups in total. The van der Waals surface area contributed by atoms with Gasteiger partial charge in [-0.3, -0.25) is 9.36 Å². The van der Waals surface area contributed by atoms with Crippen LogP contribution < -0.4 is 21.5 Å². The van der Waals surface area contributed by atoms with Crippen molar-refractivity contribution in [2.24, 2.45) is 5.73 Å². The highest BCUT2D eigenvalue weighted by Crippen LogP contribution is 2.33. The third kappa shape index (κ3) is 5.23. The maximum absolute atomic E-state index is 11.6. The second-order valence-electron chi connectivity index (χ2n) is 8.23. The van der Waals surface area contributed by atoms with E-state index in [1.807, 2.05) is 49.6 Å². The molecule has 0 aliphatic heterocycles. The maximum Gasteiger partial charge on any atom is 0.297 e. The molecule has 0 aliphatic carbocycles. The zero-order valence-electron chi connectivity index (χ0n) is 18.6. The molecular formula is C22H32N6O3.